The van der Waals surface area contributed by atoms with Gasteiger partial charge in [-0.3, -0.25) is 9.59 Å². The molecule has 1 unspecified atom stereocenters. The number of piperidine rings is 1. The third-order valence-electron chi connectivity index (χ3n) is 3.16. The Kier molecular flexibility index (Phi) is 3.60. The van der Waals surface area contributed by atoms with Crippen LogP contribution in [0.4, 0.5) is 10.1 Å². The molecule has 4 nitrogen and oxygen atoms in total. The number of anilines is 1. The second kappa shape index (κ2) is 5.16. The fraction of sp³-hybridized carbons (Fsp3) is 0.385. The van der Waals surface area contributed by atoms with Gasteiger partial charge in [0.1, 0.15) is 5.82 Å². The maximum absolute atomic E-state index is 12.8. The zero-order chi connectivity index (χ0) is 13.1. The van der Waals surface area contributed by atoms with E-state index in [0.29, 0.717) is 25.1 Å². The van der Waals surface area contributed by atoms with E-state index in [1.165, 1.54) is 17.0 Å². The molecule has 5 heteroatoms. The van der Waals surface area contributed by atoms with Gasteiger partial charge >= 0.3 is 0 Å². The van der Waals surface area contributed by atoms with Gasteiger partial charge in [-0.2, -0.15) is 0 Å². The monoisotopic (exact) mass is 250 g/mol. The van der Waals surface area contributed by atoms with Gasteiger partial charge in [0.25, 0.3) is 0 Å². The highest BCUT2D eigenvalue weighted by Gasteiger charge is 2.27. The lowest BCUT2D eigenvalue weighted by Gasteiger charge is -2.26. The third kappa shape index (κ3) is 2.67. The smallest absolute Gasteiger partial charge is 0.231 e. The van der Waals surface area contributed by atoms with Crippen LogP contribution in [-0.2, 0) is 9.59 Å². The van der Waals surface area contributed by atoms with Crippen LogP contribution in [0, 0.1) is 11.7 Å². The molecule has 1 aliphatic rings. The van der Waals surface area contributed by atoms with Crippen molar-refractivity contribution in [1.29, 1.82) is 0 Å². The summed E-state index contributed by atoms with van der Waals surface area (Å²) in [5.41, 5.74) is 0.651. The Hall–Kier alpha value is -1.91. The topological polar surface area (TPSA) is 49.4 Å². The molecule has 0 radical (unpaired) electrons. The number of halogens is 1. The average Bonchev–Trinajstić information content (AvgIpc) is 2.39. The average molecular weight is 250 g/mol. The standard InChI is InChI=1S/C13H15FN2O2/c1-16(11-5-3-10(14)4-6-11)13(18)9-2-7-12(17)15-8-9/h3-6,9H,2,7-8H2,1H3,(H,15,17). The minimum atomic E-state index is -0.329. The molecule has 0 spiro atoms. The quantitative estimate of drug-likeness (QED) is 0.860. The highest BCUT2D eigenvalue weighted by Crippen LogP contribution is 2.19. The van der Waals surface area contributed by atoms with Crippen molar-refractivity contribution in [2.45, 2.75) is 12.8 Å². The Bertz CT molecular complexity index is 449. The van der Waals surface area contributed by atoms with E-state index in [1.54, 1.807) is 19.2 Å². The minimum absolute atomic E-state index is 0.0107. The normalized spacial score (nSPS) is 19.2. The molecule has 0 saturated carbocycles. The highest BCUT2D eigenvalue weighted by atomic mass is 19.1. The summed E-state index contributed by atoms with van der Waals surface area (Å²) in [6, 6.07) is 5.77. The van der Waals surface area contributed by atoms with Crippen molar-refractivity contribution in [3.63, 3.8) is 0 Å². The van der Waals surface area contributed by atoms with Gasteiger partial charge < -0.3 is 10.2 Å². The number of nitrogens with one attached hydrogen (secondary N) is 1. The van der Waals surface area contributed by atoms with Crippen molar-refractivity contribution < 1.29 is 14.0 Å². The van der Waals surface area contributed by atoms with E-state index in [4.69, 9.17) is 0 Å². The summed E-state index contributed by atoms with van der Waals surface area (Å²) in [5.74, 6) is -0.590. The number of hydrogen-bond acceptors (Lipinski definition) is 2. The molecule has 2 amide bonds. The van der Waals surface area contributed by atoms with Crippen molar-refractivity contribution in [3.8, 4) is 0 Å². The summed E-state index contributed by atoms with van der Waals surface area (Å²) in [7, 11) is 1.66. The first-order chi connectivity index (χ1) is 8.58. The fourth-order valence-corrected chi connectivity index (χ4v) is 2.01. The number of amides is 2. The molecule has 1 N–H and O–H groups in total. The van der Waals surface area contributed by atoms with Crippen molar-refractivity contribution in [2.24, 2.45) is 5.92 Å². The van der Waals surface area contributed by atoms with Gasteiger partial charge in [-0.05, 0) is 30.7 Å². The molecule has 1 saturated heterocycles. The van der Waals surface area contributed by atoms with E-state index >= 15 is 0 Å². The van der Waals surface area contributed by atoms with Gasteiger partial charge in [0.05, 0.1) is 5.92 Å². The van der Waals surface area contributed by atoms with E-state index in [-0.39, 0.29) is 23.5 Å². The van der Waals surface area contributed by atoms with Gasteiger partial charge in [0, 0.05) is 25.7 Å². The van der Waals surface area contributed by atoms with Crippen LogP contribution in [0.2, 0.25) is 0 Å². The van der Waals surface area contributed by atoms with E-state index in [0.717, 1.165) is 0 Å². The largest absolute Gasteiger partial charge is 0.355 e. The molecule has 1 heterocycles. The van der Waals surface area contributed by atoms with E-state index < -0.39 is 0 Å². The molecule has 1 aromatic carbocycles. The third-order valence-corrected chi connectivity index (χ3v) is 3.16. The SMILES string of the molecule is CN(C(=O)C1CCC(=O)NC1)c1ccc(F)cc1. The van der Waals surface area contributed by atoms with Crippen LogP contribution in [0.1, 0.15) is 12.8 Å². The summed E-state index contributed by atoms with van der Waals surface area (Å²) in [6.45, 7) is 0.378. The summed E-state index contributed by atoms with van der Waals surface area (Å²) in [5, 5.41) is 2.68. The number of benzene rings is 1. The molecule has 1 aromatic rings. The van der Waals surface area contributed by atoms with Crippen LogP contribution < -0.4 is 10.2 Å². The number of rotatable bonds is 2. The molecule has 2 rings (SSSR count). The van der Waals surface area contributed by atoms with Gasteiger partial charge in [0.15, 0.2) is 0 Å². The van der Waals surface area contributed by atoms with Crippen LogP contribution in [-0.4, -0.2) is 25.4 Å². The molecule has 0 bridgehead atoms. The van der Waals surface area contributed by atoms with Gasteiger partial charge in [-0.25, -0.2) is 4.39 Å². The predicted molar refractivity (Wildman–Crippen MR) is 65.5 cm³/mol. The Morgan fingerprint density at radius 1 is 1.39 bits per heavy atom. The van der Waals surface area contributed by atoms with Crippen LogP contribution >= 0.6 is 0 Å². The lowest BCUT2D eigenvalue weighted by molar-refractivity contribution is -0.127. The second-order valence-electron chi connectivity index (χ2n) is 4.41. The highest BCUT2D eigenvalue weighted by molar-refractivity contribution is 5.95. The number of carbonyl (C=O) groups is 2. The Balaban J connectivity index is 2.04. The van der Waals surface area contributed by atoms with Crippen molar-refractivity contribution in [3.05, 3.63) is 30.1 Å². The molecule has 1 fully saturated rings. The molecule has 0 aliphatic carbocycles. The van der Waals surface area contributed by atoms with E-state index in [9.17, 15) is 14.0 Å². The van der Waals surface area contributed by atoms with Crippen molar-refractivity contribution in [2.75, 3.05) is 18.5 Å². The predicted octanol–water partition coefficient (Wildman–Crippen LogP) is 1.31. The van der Waals surface area contributed by atoms with Crippen molar-refractivity contribution in [1.82, 2.24) is 5.32 Å². The molecule has 0 aromatic heterocycles. The Morgan fingerprint density at radius 3 is 2.61 bits per heavy atom. The molecule has 18 heavy (non-hydrogen) atoms. The Labute approximate surface area is 105 Å². The summed E-state index contributed by atoms with van der Waals surface area (Å²) in [4.78, 5) is 24.7. The van der Waals surface area contributed by atoms with Crippen LogP contribution in [0.3, 0.4) is 0 Å². The molecular weight excluding hydrogens is 235 g/mol. The number of carbonyl (C=O) groups excluding carboxylic acids is 2. The molecular formula is C13H15FN2O2. The van der Waals surface area contributed by atoms with Gasteiger partial charge in [-0.15, -0.1) is 0 Å². The van der Waals surface area contributed by atoms with Gasteiger partial charge in [0.2, 0.25) is 11.8 Å². The lowest BCUT2D eigenvalue weighted by Crippen LogP contribution is -2.43. The fourth-order valence-electron chi connectivity index (χ4n) is 2.01. The molecule has 96 valence electrons. The summed E-state index contributed by atoms with van der Waals surface area (Å²) < 4.78 is 12.8. The summed E-state index contributed by atoms with van der Waals surface area (Å²) >= 11 is 0. The lowest BCUT2D eigenvalue weighted by atomic mass is 9.97. The molecule has 1 aliphatic heterocycles. The maximum atomic E-state index is 12.8. The first kappa shape index (κ1) is 12.5. The van der Waals surface area contributed by atoms with E-state index in [1.807, 2.05) is 0 Å². The zero-order valence-corrected chi connectivity index (χ0v) is 10.1. The summed E-state index contributed by atoms with van der Waals surface area (Å²) in [6.07, 6.45) is 0.948. The van der Waals surface area contributed by atoms with Crippen LogP contribution in [0.15, 0.2) is 24.3 Å². The van der Waals surface area contributed by atoms with Gasteiger partial charge in [-0.1, -0.05) is 0 Å². The first-order valence-electron chi connectivity index (χ1n) is 5.88. The van der Waals surface area contributed by atoms with E-state index in [2.05, 4.69) is 5.32 Å². The number of nitrogens with zero attached hydrogens (tertiary/aromatic N) is 1. The minimum Gasteiger partial charge on any atom is -0.355 e. The van der Waals surface area contributed by atoms with Crippen LogP contribution in [0.25, 0.3) is 0 Å². The number of hydrogen-bond donors (Lipinski definition) is 1. The zero-order valence-electron chi connectivity index (χ0n) is 10.1. The maximum Gasteiger partial charge on any atom is 0.231 e. The molecule has 1 atom stereocenters. The first-order valence-corrected chi connectivity index (χ1v) is 5.88. The van der Waals surface area contributed by atoms with Crippen LogP contribution in [0.5, 0.6) is 0 Å². The van der Waals surface area contributed by atoms with Crippen molar-refractivity contribution >= 4 is 17.5 Å². The second-order valence-corrected chi connectivity index (χ2v) is 4.41. The Morgan fingerprint density at radius 2 is 2.06 bits per heavy atom.